The van der Waals surface area contributed by atoms with Crippen LogP contribution >= 0.6 is 0 Å². The maximum atomic E-state index is 5.41. The molecule has 3 rings (SSSR count). The third-order valence-electron chi connectivity index (χ3n) is 3.34. The molecule has 0 aliphatic rings. The highest BCUT2D eigenvalue weighted by Gasteiger charge is 2.02. The van der Waals surface area contributed by atoms with E-state index in [9.17, 15) is 0 Å². The van der Waals surface area contributed by atoms with Crippen LogP contribution in [0.2, 0.25) is 0 Å². The first kappa shape index (κ1) is 14.1. The molecule has 0 aliphatic carbocycles. The summed E-state index contributed by atoms with van der Waals surface area (Å²) in [6.07, 6.45) is 3.43. The highest BCUT2D eigenvalue weighted by molar-refractivity contribution is 5.83. The number of hydrogen-bond donors (Lipinski definition) is 0. The fourth-order valence-corrected chi connectivity index (χ4v) is 2.26. The average Bonchev–Trinajstić information content (AvgIpc) is 2.59. The van der Waals surface area contributed by atoms with Crippen molar-refractivity contribution in [2.75, 3.05) is 7.11 Å². The van der Waals surface area contributed by atoms with Crippen molar-refractivity contribution in [3.8, 4) is 5.75 Å². The number of rotatable bonds is 5. The van der Waals surface area contributed by atoms with Crippen molar-refractivity contribution in [2.45, 2.75) is 6.61 Å². The fourth-order valence-electron chi connectivity index (χ4n) is 2.26. The van der Waals surface area contributed by atoms with Crippen LogP contribution in [0.25, 0.3) is 10.9 Å². The van der Waals surface area contributed by atoms with Crippen LogP contribution in [0.4, 0.5) is 0 Å². The van der Waals surface area contributed by atoms with E-state index in [0.717, 1.165) is 27.8 Å². The Bertz CT molecular complexity index is 794. The van der Waals surface area contributed by atoms with E-state index in [4.69, 9.17) is 9.57 Å². The quantitative estimate of drug-likeness (QED) is 0.531. The molecule has 0 fully saturated rings. The lowest BCUT2D eigenvalue weighted by atomic mass is 10.1. The molecule has 3 aromatic rings. The van der Waals surface area contributed by atoms with E-state index in [1.165, 1.54) is 0 Å². The van der Waals surface area contributed by atoms with Crippen molar-refractivity contribution in [3.05, 3.63) is 71.9 Å². The van der Waals surface area contributed by atoms with Crippen LogP contribution in [-0.2, 0) is 11.4 Å². The van der Waals surface area contributed by atoms with Crippen molar-refractivity contribution in [1.82, 2.24) is 4.98 Å². The van der Waals surface area contributed by atoms with Gasteiger partial charge in [0.15, 0.2) is 0 Å². The molecule has 0 saturated carbocycles. The molecule has 0 spiro atoms. The first-order valence-corrected chi connectivity index (χ1v) is 6.99. The number of pyridine rings is 1. The average molecular weight is 292 g/mol. The summed E-state index contributed by atoms with van der Waals surface area (Å²) in [6, 6.07) is 17.6. The van der Waals surface area contributed by atoms with E-state index in [1.54, 1.807) is 19.5 Å². The van der Waals surface area contributed by atoms with E-state index < -0.39 is 0 Å². The SMILES string of the molecule is COc1ccccc1/C=N/OCc1cccc2cccnc12. The minimum atomic E-state index is 0.375. The van der Waals surface area contributed by atoms with Crippen LogP contribution in [0, 0.1) is 0 Å². The van der Waals surface area contributed by atoms with Gasteiger partial charge in [0.05, 0.1) is 18.8 Å². The third kappa shape index (κ3) is 3.06. The molecule has 1 aromatic heterocycles. The molecular weight excluding hydrogens is 276 g/mol. The Kier molecular flexibility index (Phi) is 4.30. The molecule has 110 valence electrons. The lowest BCUT2D eigenvalue weighted by molar-refractivity contribution is 0.133. The second kappa shape index (κ2) is 6.72. The van der Waals surface area contributed by atoms with Crippen LogP contribution in [0.1, 0.15) is 11.1 Å². The maximum Gasteiger partial charge on any atom is 0.144 e. The monoisotopic (exact) mass is 292 g/mol. The van der Waals surface area contributed by atoms with Crippen LogP contribution in [-0.4, -0.2) is 18.3 Å². The molecular formula is C18H16N2O2. The van der Waals surface area contributed by atoms with Gasteiger partial charge in [-0.25, -0.2) is 0 Å². The number of fused-ring (bicyclic) bond motifs is 1. The lowest BCUT2D eigenvalue weighted by Crippen LogP contribution is -1.93. The molecule has 0 saturated heterocycles. The minimum absolute atomic E-state index is 0.375. The smallest absolute Gasteiger partial charge is 0.144 e. The maximum absolute atomic E-state index is 5.41. The van der Waals surface area contributed by atoms with Gasteiger partial charge in [0.25, 0.3) is 0 Å². The Morgan fingerprint density at radius 3 is 2.82 bits per heavy atom. The van der Waals surface area contributed by atoms with E-state index in [0.29, 0.717) is 6.61 Å². The molecule has 0 aliphatic heterocycles. The van der Waals surface area contributed by atoms with Gasteiger partial charge in [0, 0.05) is 22.7 Å². The number of nitrogens with zero attached hydrogens (tertiary/aromatic N) is 2. The Balaban J connectivity index is 1.71. The standard InChI is InChI=1S/C18H16N2O2/c1-21-17-10-3-2-6-15(17)12-20-22-13-16-8-4-7-14-9-5-11-19-18(14)16/h2-12H,13H2,1H3/b20-12+. The lowest BCUT2D eigenvalue weighted by Gasteiger charge is -2.05. The van der Waals surface area contributed by atoms with Gasteiger partial charge >= 0.3 is 0 Å². The number of methoxy groups -OCH3 is 1. The summed E-state index contributed by atoms with van der Waals surface area (Å²) in [5, 5.41) is 5.11. The third-order valence-corrected chi connectivity index (χ3v) is 3.34. The Morgan fingerprint density at radius 1 is 1.05 bits per heavy atom. The fraction of sp³-hybridized carbons (Fsp3) is 0.111. The number of hydrogen-bond acceptors (Lipinski definition) is 4. The minimum Gasteiger partial charge on any atom is -0.496 e. The molecule has 4 heteroatoms. The molecule has 1 heterocycles. The summed E-state index contributed by atoms with van der Waals surface area (Å²) in [7, 11) is 1.63. The Hall–Kier alpha value is -2.88. The first-order chi connectivity index (χ1) is 10.9. The van der Waals surface area contributed by atoms with Crippen molar-refractivity contribution < 1.29 is 9.57 Å². The second-order valence-corrected chi connectivity index (χ2v) is 4.74. The Labute approximate surface area is 129 Å². The van der Waals surface area contributed by atoms with Gasteiger partial charge in [-0.3, -0.25) is 4.98 Å². The molecule has 0 bridgehead atoms. The normalized spacial score (nSPS) is 11.0. The predicted octanol–water partition coefficient (Wildman–Crippen LogP) is 3.79. The second-order valence-electron chi connectivity index (χ2n) is 4.74. The van der Waals surface area contributed by atoms with E-state index in [2.05, 4.69) is 10.1 Å². The van der Waals surface area contributed by atoms with Crippen LogP contribution < -0.4 is 4.74 Å². The topological polar surface area (TPSA) is 43.7 Å². The molecule has 0 atom stereocenters. The Morgan fingerprint density at radius 2 is 1.91 bits per heavy atom. The summed E-state index contributed by atoms with van der Waals surface area (Å²) >= 11 is 0. The summed E-state index contributed by atoms with van der Waals surface area (Å²) in [5.41, 5.74) is 2.83. The predicted molar refractivity (Wildman–Crippen MR) is 87.1 cm³/mol. The molecule has 4 nitrogen and oxygen atoms in total. The summed E-state index contributed by atoms with van der Waals surface area (Å²) in [5.74, 6) is 0.765. The zero-order valence-electron chi connectivity index (χ0n) is 12.3. The highest BCUT2D eigenvalue weighted by atomic mass is 16.6. The molecule has 0 N–H and O–H groups in total. The van der Waals surface area contributed by atoms with Gasteiger partial charge in [0.2, 0.25) is 0 Å². The molecule has 0 unspecified atom stereocenters. The number of para-hydroxylation sites is 2. The molecule has 22 heavy (non-hydrogen) atoms. The van der Waals surface area contributed by atoms with Crippen molar-refractivity contribution >= 4 is 17.1 Å². The van der Waals surface area contributed by atoms with Gasteiger partial charge in [-0.15, -0.1) is 0 Å². The van der Waals surface area contributed by atoms with Crippen LogP contribution in [0.3, 0.4) is 0 Å². The number of oxime groups is 1. The summed E-state index contributed by atoms with van der Waals surface area (Å²) in [6.45, 7) is 0.375. The van der Waals surface area contributed by atoms with Gasteiger partial charge < -0.3 is 9.57 Å². The number of ether oxygens (including phenoxy) is 1. The van der Waals surface area contributed by atoms with Gasteiger partial charge in [0.1, 0.15) is 12.4 Å². The van der Waals surface area contributed by atoms with Crippen molar-refractivity contribution in [2.24, 2.45) is 5.16 Å². The first-order valence-electron chi connectivity index (χ1n) is 6.99. The van der Waals surface area contributed by atoms with Crippen LogP contribution in [0.5, 0.6) is 5.75 Å². The van der Waals surface area contributed by atoms with E-state index >= 15 is 0 Å². The summed E-state index contributed by atoms with van der Waals surface area (Å²) in [4.78, 5) is 9.80. The zero-order valence-corrected chi connectivity index (χ0v) is 12.3. The highest BCUT2D eigenvalue weighted by Crippen LogP contribution is 2.17. The van der Waals surface area contributed by atoms with Crippen molar-refractivity contribution in [1.29, 1.82) is 0 Å². The van der Waals surface area contributed by atoms with Gasteiger partial charge in [-0.1, -0.05) is 41.6 Å². The molecule has 2 aromatic carbocycles. The molecule has 0 radical (unpaired) electrons. The van der Waals surface area contributed by atoms with E-state index in [1.807, 2.05) is 54.6 Å². The van der Waals surface area contributed by atoms with E-state index in [-0.39, 0.29) is 0 Å². The van der Waals surface area contributed by atoms with Crippen molar-refractivity contribution in [3.63, 3.8) is 0 Å². The number of benzene rings is 2. The zero-order chi connectivity index (χ0) is 15.2. The molecule has 0 amide bonds. The van der Waals surface area contributed by atoms with Crippen LogP contribution in [0.15, 0.2) is 65.9 Å². The van der Waals surface area contributed by atoms with Gasteiger partial charge in [-0.05, 0) is 18.2 Å². The largest absolute Gasteiger partial charge is 0.496 e. The van der Waals surface area contributed by atoms with Gasteiger partial charge in [-0.2, -0.15) is 0 Å². The number of aromatic nitrogens is 1. The summed E-state index contributed by atoms with van der Waals surface area (Å²) < 4.78 is 5.26.